The van der Waals surface area contributed by atoms with Crippen LogP contribution in [-0.2, 0) is 4.79 Å². The number of piperidine rings is 1. The van der Waals surface area contributed by atoms with E-state index in [-0.39, 0.29) is 12.0 Å². The Hall–Kier alpha value is -2.47. The molecular weight excluding hydrogens is 304 g/mol. The molecule has 3 heterocycles. The average Bonchev–Trinajstić information content (AvgIpc) is 2.59. The van der Waals surface area contributed by atoms with E-state index in [1.807, 2.05) is 31.3 Å². The zero-order valence-corrected chi connectivity index (χ0v) is 13.8. The minimum Gasteiger partial charge on any atom is -0.474 e. The highest BCUT2D eigenvalue weighted by Crippen LogP contribution is 2.17. The molecule has 1 saturated heterocycles. The Morgan fingerprint density at radius 1 is 1.29 bits per heavy atom. The van der Waals surface area contributed by atoms with Gasteiger partial charge in [0.25, 0.3) is 0 Å². The fourth-order valence-corrected chi connectivity index (χ4v) is 2.72. The van der Waals surface area contributed by atoms with E-state index >= 15 is 0 Å². The van der Waals surface area contributed by atoms with Gasteiger partial charge in [0, 0.05) is 31.5 Å². The molecule has 1 aliphatic rings. The summed E-state index contributed by atoms with van der Waals surface area (Å²) in [7, 11) is 0. The topological polar surface area (TPSA) is 67.3 Å². The molecule has 0 aliphatic carbocycles. The summed E-state index contributed by atoms with van der Waals surface area (Å²) in [5.74, 6) is 0.663. The van der Waals surface area contributed by atoms with Crippen LogP contribution in [0.5, 0.6) is 5.88 Å². The fraction of sp³-hybridized carbons (Fsp3) is 0.389. The highest BCUT2D eigenvalue weighted by Gasteiger charge is 2.22. The maximum Gasteiger partial charge on any atom is 0.238 e. The second kappa shape index (κ2) is 7.88. The molecule has 0 atom stereocenters. The number of hydrogen-bond acceptors (Lipinski definition) is 5. The summed E-state index contributed by atoms with van der Waals surface area (Å²) in [6.45, 7) is 4.09. The van der Waals surface area contributed by atoms with Gasteiger partial charge in [-0.1, -0.05) is 6.07 Å². The number of aryl methyl sites for hydroxylation is 1. The van der Waals surface area contributed by atoms with E-state index < -0.39 is 0 Å². The predicted octanol–water partition coefficient (Wildman–Crippen LogP) is 2.27. The van der Waals surface area contributed by atoms with E-state index in [9.17, 15) is 4.79 Å². The summed E-state index contributed by atoms with van der Waals surface area (Å²) in [6.07, 6.45) is 7.10. The SMILES string of the molecule is Cc1ccc(OC2CCN(CC(=O)Nc3cccnc3)CC2)nc1. The molecule has 6 heteroatoms. The van der Waals surface area contributed by atoms with Crippen LogP contribution < -0.4 is 10.1 Å². The first kappa shape index (κ1) is 16.4. The molecule has 1 amide bonds. The van der Waals surface area contributed by atoms with Crippen LogP contribution in [-0.4, -0.2) is 46.5 Å². The van der Waals surface area contributed by atoms with Crippen LogP contribution in [0.15, 0.2) is 42.9 Å². The van der Waals surface area contributed by atoms with Crippen molar-refractivity contribution >= 4 is 11.6 Å². The lowest BCUT2D eigenvalue weighted by molar-refractivity contribution is -0.117. The van der Waals surface area contributed by atoms with Gasteiger partial charge in [-0.3, -0.25) is 14.7 Å². The number of nitrogens with one attached hydrogen (secondary N) is 1. The van der Waals surface area contributed by atoms with Gasteiger partial charge in [0.1, 0.15) is 6.10 Å². The van der Waals surface area contributed by atoms with E-state index in [1.54, 1.807) is 18.5 Å². The van der Waals surface area contributed by atoms with Crippen LogP contribution in [0.1, 0.15) is 18.4 Å². The molecule has 0 unspecified atom stereocenters. The van der Waals surface area contributed by atoms with Crippen molar-refractivity contribution in [3.63, 3.8) is 0 Å². The highest BCUT2D eigenvalue weighted by molar-refractivity contribution is 5.92. The number of anilines is 1. The Morgan fingerprint density at radius 2 is 2.12 bits per heavy atom. The van der Waals surface area contributed by atoms with Crippen molar-refractivity contribution < 1.29 is 9.53 Å². The van der Waals surface area contributed by atoms with Crippen molar-refractivity contribution in [3.8, 4) is 5.88 Å². The lowest BCUT2D eigenvalue weighted by Gasteiger charge is -2.31. The molecule has 0 radical (unpaired) electrons. The largest absolute Gasteiger partial charge is 0.474 e. The van der Waals surface area contributed by atoms with Gasteiger partial charge in [0.05, 0.1) is 18.4 Å². The molecule has 2 aromatic rings. The van der Waals surface area contributed by atoms with Crippen LogP contribution in [0.2, 0.25) is 0 Å². The molecular formula is C18H22N4O2. The second-order valence-electron chi connectivity index (χ2n) is 6.06. The Labute approximate surface area is 141 Å². The molecule has 2 aromatic heterocycles. The molecule has 126 valence electrons. The van der Waals surface area contributed by atoms with Gasteiger partial charge in [-0.2, -0.15) is 0 Å². The zero-order chi connectivity index (χ0) is 16.8. The van der Waals surface area contributed by atoms with Gasteiger partial charge >= 0.3 is 0 Å². The standard InChI is InChI=1S/C18H22N4O2/c1-14-4-5-18(20-11-14)24-16-6-9-22(10-7-16)13-17(23)21-15-3-2-8-19-12-15/h2-5,8,11-12,16H,6-7,9-10,13H2,1H3,(H,21,23). The number of ether oxygens (including phenoxy) is 1. The van der Waals surface area contributed by atoms with Crippen molar-refractivity contribution in [1.29, 1.82) is 0 Å². The number of rotatable bonds is 5. The minimum absolute atomic E-state index is 0.0115. The fourth-order valence-electron chi connectivity index (χ4n) is 2.72. The van der Waals surface area contributed by atoms with Crippen LogP contribution in [0.25, 0.3) is 0 Å². The molecule has 0 spiro atoms. The summed E-state index contributed by atoms with van der Waals surface area (Å²) in [4.78, 5) is 22.5. The Balaban J connectivity index is 1.41. The summed E-state index contributed by atoms with van der Waals surface area (Å²) < 4.78 is 5.91. The lowest BCUT2D eigenvalue weighted by Crippen LogP contribution is -2.42. The first-order valence-electron chi connectivity index (χ1n) is 8.20. The van der Waals surface area contributed by atoms with E-state index in [0.717, 1.165) is 37.2 Å². The number of hydrogen-bond donors (Lipinski definition) is 1. The van der Waals surface area contributed by atoms with Crippen molar-refractivity contribution in [2.45, 2.75) is 25.9 Å². The van der Waals surface area contributed by atoms with E-state index in [0.29, 0.717) is 12.4 Å². The van der Waals surface area contributed by atoms with E-state index in [2.05, 4.69) is 20.2 Å². The van der Waals surface area contributed by atoms with Gasteiger partial charge in [-0.05, 0) is 37.5 Å². The summed E-state index contributed by atoms with van der Waals surface area (Å²) in [6, 6.07) is 7.54. The number of aromatic nitrogens is 2. The average molecular weight is 326 g/mol. The minimum atomic E-state index is -0.0115. The number of carbonyl (C=O) groups excluding carboxylic acids is 1. The first-order valence-corrected chi connectivity index (χ1v) is 8.20. The molecule has 1 N–H and O–H groups in total. The Kier molecular flexibility index (Phi) is 5.38. The highest BCUT2D eigenvalue weighted by atomic mass is 16.5. The maximum atomic E-state index is 12.1. The number of amides is 1. The van der Waals surface area contributed by atoms with Crippen molar-refractivity contribution in [1.82, 2.24) is 14.9 Å². The first-order chi connectivity index (χ1) is 11.7. The predicted molar refractivity (Wildman–Crippen MR) is 91.9 cm³/mol. The van der Waals surface area contributed by atoms with Gasteiger partial charge in [0.15, 0.2) is 0 Å². The van der Waals surface area contributed by atoms with Gasteiger partial charge in [-0.25, -0.2) is 4.98 Å². The van der Waals surface area contributed by atoms with E-state index in [4.69, 9.17) is 4.74 Å². The lowest BCUT2D eigenvalue weighted by atomic mass is 10.1. The third kappa shape index (κ3) is 4.76. The smallest absolute Gasteiger partial charge is 0.238 e. The molecule has 6 nitrogen and oxygen atoms in total. The van der Waals surface area contributed by atoms with Crippen molar-refractivity contribution in [2.24, 2.45) is 0 Å². The summed E-state index contributed by atoms with van der Waals surface area (Å²) >= 11 is 0. The number of pyridine rings is 2. The van der Waals surface area contributed by atoms with Crippen molar-refractivity contribution in [2.75, 3.05) is 25.0 Å². The van der Waals surface area contributed by atoms with E-state index in [1.165, 1.54) is 0 Å². The third-order valence-electron chi connectivity index (χ3n) is 4.02. The molecule has 3 rings (SSSR count). The number of nitrogens with zero attached hydrogens (tertiary/aromatic N) is 3. The monoisotopic (exact) mass is 326 g/mol. The maximum absolute atomic E-state index is 12.1. The van der Waals surface area contributed by atoms with Crippen LogP contribution >= 0.6 is 0 Å². The summed E-state index contributed by atoms with van der Waals surface area (Å²) in [5, 5.41) is 2.86. The quantitative estimate of drug-likeness (QED) is 0.913. The zero-order valence-electron chi connectivity index (χ0n) is 13.8. The van der Waals surface area contributed by atoms with Crippen LogP contribution in [0, 0.1) is 6.92 Å². The van der Waals surface area contributed by atoms with Gasteiger partial charge in [0.2, 0.25) is 11.8 Å². The molecule has 0 saturated carbocycles. The molecule has 1 aliphatic heterocycles. The van der Waals surface area contributed by atoms with Crippen LogP contribution in [0.4, 0.5) is 5.69 Å². The second-order valence-corrected chi connectivity index (χ2v) is 6.06. The van der Waals surface area contributed by atoms with Crippen molar-refractivity contribution in [3.05, 3.63) is 48.4 Å². The molecule has 24 heavy (non-hydrogen) atoms. The normalized spacial score (nSPS) is 15.9. The third-order valence-corrected chi connectivity index (χ3v) is 4.02. The number of carbonyl (C=O) groups is 1. The molecule has 0 bridgehead atoms. The number of likely N-dealkylation sites (tertiary alicyclic amines) is 1. The Bertz CT molecular complexity index is 652. The molecule has 1 fully saturated rings. The van der Waals surface area contributed by atoms with Gasteiger partial charge < -0.3 is 10.1 Å². The van der Waals surface area contributed by atoms with Crippen LogP contribution in [0.3, 0.4) is 0 Å². The molecule has 0 aromatic carbocycles. The Morgan fingerprint density at radius 3 is 2.79 bits per heavy atom. The van der Waals surface area contributed by atoms with Gasteiger partial charge in [-0.15, -0.1) is 0 Å². The summed E-state index contributed by atoms with van der Waals surface area (Å²) in [5.41, 5.74) is 1.85.